The third-order valence-electron chi connectivity index (χ3n) is 4.79. The predicted molar refractivity (Wildman–Crippen MR) is 87.8 cm³/mol. The van der Waals surface area contributed by atoms with Crippen LogP contribution in [0.4, 0.5) is 0 Å². The Morgan fingerprint density at radius 1 is 1.38 bits per heavy atom. The minimum atomic E-state index is -0.798. The highest BCUT2D eigenvalue weighted by molar-refractivity contribution is 6.30. The van der Waals surface area contributed by atoms with E-state index in [1.165, 1.54) is 0 Å². The number of rotatable bonds is 6. The number of hydrogen-bond donors (Lipinski definition) is 1. The van der Waals surface area contributed by atoms with E-state index in [4.69, 9.17) is 16.1 Å². The number of aromatic nitrogens is 4. The van der Waals surface area contributed by atoms with Crippen molar-refractivity contribution in [2.45, 2.75) is 50.2 Å². The van der Waals surface area contributed by atoms with E-state index >= 15 is 0 Å². The Hall–Kier alpha value is -1.44. The van der Waals surface area contributed by atoms with Crippen LogP contribution in [-0.2, 0) is 13.0 Å². The molecule has 7 nitrogen and oxygen atoms in total. The number of β-amino-alcohol motifs (C(OH)–C–C–N with tert-alkyl or cyclic N) is 1. The number of likely N-dealkylation sites (tertiary alicyclic amines) is 1. The van der Waals surface area contributed by atoms with E-state index in [2.05, 4.69) is 20.1 Å². The summed E-state index contributed by atoms with van der Waals surface area (Å²) in [5.41, 5.74) is -0.798. The molecular formula is C16H22ClN5O2. The lowest BCUT2D eigenvalue weighted by Crippen LogP contribution is -2.50. The van der Waals surface area contributed by atoms with Crippen LogP contribution in [0.3, 0.4) is 0 Å². The van der Waals surface area contributed by atoms with Crippen molar-refractivity contribution >= 4 is 11.6 Å². The van der Waals surface area contributed by atoms with Crippen LogP contribution >= 0.6 is 11.6 Å². The summed E-state index contributed by atoms with van der Waals surface area (Å²) in [6.45, 7) is 3.18. The number of nitrogens with zero attached hydrogens (tertiary/aromatic N) is 5. The monoisotopic (exact) mass is 351 g/mol. The molecule has 0 bridgehead atoms. The average Bonchev–Trinajstić information content (AvgIpc) is 3.16. The van der Waals surface area contributed by atoms with E-state index in [0.29, 0.717) is 29.8 Å². The quantitative estimate of drug-likeness (QED) is 0.855. The molecule has 130 valence electrons. The van der Waals surface area contributed by atoms with Crippen LogP contribution in [0.1, 0.15) is 43.3 Å². The molecule has 2 fully saturated rings. The molecule has 2 aliphatic rings. The van der Waals surface area contributed by atoms with E-state index in [-0.39, 0.29) is 0 Å². The first-order chi connectivity index (χ1) is 11.6. The van der Waals surface area contributed by atoms with Gasteiger partial charge in [0.25, 0.3) is 0 Å². The normalized spacial score (nSPS) is 25.2. The number of piperidine rings is 1. The minimum absolute atomic E-state index is 0.427. The molecule has 1 N–H and O–H groups in total. The molecule has 0 aromatic carbocycles. The lowest BCUT2D eigenvalue weighted by molar-refractivity contribution is -0.0358. The zero-order valence-electron chi connectivity index (χ0n) is 13.6. The van der Waals surface area contributed by atoms with Gasteiger partial charge >= 0.3 is 0 Å². The van der Waals surface area contributed by atoms with E-state index < -0.39 is 5.60 Å². The van der Waals surface area contributed by atoms with Gasteiger partial charge in [0.15, 0.2) is 5.82 Å². The molecule has 2 aromatic rings. The molecule has 1 aliphatic heterocycles. The average molecular weight is 352 g/mol. The fourth-order valence-corrected chi connectivity index (χ4v) is 3.53. The summed E-state index contributed by atoms with van der Waals surface area (Å²) < 4.78 is 7.16. The third kappa shape index (κ3) is 3.79. The maximum atomic E-state index is 10.9. The number of halogens is 1. The van der Waals surface area contributed by atoms with Gasteiger partial charge in [0.1, 0.15) is 0 Å². The van der Waals surface area contributed by atoms with Gasteiger partial charge < -0.3 is 9.63 Å². The number of aliphatic hydroxyl groups is 1. The topological polar surface area (TPSA) is 80.2 Å². The van der Waals surface area contributed by atoms with Gasteiger partial charge in [-0.05, 0) is 32.2 Å². The Kier molecular flexibility index (Phi) is 4.32. The molecule has 24 heavy (non-hydrogen) atoms. The molecule has 4 rings (SSSR count). The smallest absolute Gasteiger partial charge is 0.229 e. The zero-order valence-corrected chi connectivity index (χ0v) is 14.3. The van der Waals surface area contributed by atoms with Crippen molar-refractivity contribution < 1.29 is 9.63 Å². The molecule has 2 aromatic heterocycles. The Labute approximate surface area is 145 Å². The summed E-state index contributed by atoms with van der Waals surface area (Å²) in [4.78, 5) is 6.71. The van der Waals surface area contributed by atoms with Gasteiger partial charge in [0, 0.05) is 25.2 Å². The molecule has 0 radical (unpaired) electrons. The molecule has 0 spiro atoms. The first-order valence-corrected chi connectivity index (χ1v) is 8.93. The van der Waals surface area contributed by atoms with Crippen molar-refractivity contribution in [2.24, 2.45) is 0 Å². The molecular weight excluding hydrogens is 330 g/mol. The Bertz CT molecular complexity index is 698. The van der Waals surface area contributed by atoms with E-state index in [1.807, 2.05) is 10.9 Å². The van der Waals surface area contributed by atoms with Crippen LogP contribution in [0, 0.1) is 0 Å². The second-order valence-corrected chi connectivity index (χ2v) is 7.46. The van der Waals surface area contributed by atoms with Gasteiger partial charge in [-0.2, -0.15) is 10.1 Å². The largest absolute Gasteiger partial charge is 0.388 e. The standard InChI is InChI=1S/C16H22ClN5O2/c17-13-9-18-22(10-13)7-6-21-5-1-4-16(23,11-21)8-14-19-15(20-24-14)12-2-3-12/h9-10,12,23H,1-8,11H2. The SMILES string of the molecule is OC1(Cc2nc(C3CC3)no2)CCCN(CCn2cc(Cl)cn2)C1. The lowest BCUT2D eigenvalue weighted by Gasteiger charge is -2.38. The Morgan fingerprint density at radius 3 is 3.00 bits per heavy atom. The highest BCUT2D eigenvalue weighted by Crippen LogP contribution is 2.38. The summed E-state index contributed by atoms with van der Waals surface area (Å²) in [5.74, 6) is 1.83. The lowest BCUT2D eigenvalue weighted by atomic mass is 9.89. The fraction of sp³-hybridized carbons (Fsp3) is 0.688. The molecule has 0 amide bonds. The van der Waals surface area contributed by atoms with Gasteiger partial charge in [-0.25, -0.2) is 0 Å². The van der Waals surface area contributed by atoms with Crippen molar-refractivity contribution in [2.75, 3.05) is 19.6 Å². The van der Waals surface area contributed by atoms with Crippen LogP contribution in [-0.4, -0.2) is 55.2 Å². The molecule has 1 aliphatic carbocycles. The van der Waals surface area contributed by atoms with Crippen molar-refractivity contribution in [3.63, 3.8) is 0 Å². The molecule has 3 heterocycles. The van der Waals surface area contributed by atoms with Crippen LogP contribution in [0.25, 0.3) is 0 Å². The van der Waals surface area contributed by atoms with Crippen LogP contribution in [0.15, 0.2) is 16.9 Å². The number of hydrogen-bond acceptors (Lipinski definition) is 6. The molecule has 1 saturated carbocycles. The van der Waals surface area contributed by atoms with Crippen LogP contribution < -0.4 is 0 Å². The molecule has 1 saturated heterocycles. The highest BCUT2D eigenvalue weighted by atomic mass is 35.5. The Balaban J connectivity index is 1.33. The summed E-state index contributed by atoms with van der Waals surface area (Å²) in [7, 11) is 0. The maximum Gasteiger partial charge on any atom is 0.229 e. The van der Waals surface area contributed by atoms with Gasteiger partial charge in [0.2, 0.25) is 5.89 Å². The second-order valence-electron chi connectivity index (χ2n) is 7.02. The van der Waals surface area contributed by atoms with Gasteiger partial charge in [-0.3, -0.25) is 9.58 Å². The predicted octanol–water partition coefficient (Wildman–Crippen LogP) is 1.87. The van der Waals surface area contributed by atoms with Crippen molar-refractivity contribution in [3.05, 3.63) is 29.1 Å². The maximum absolute atomic E-state index is 10.9. The van der Waals surface area contributed by atoms with E-state index in [0.717, 1.165) is 51.1 Å². The molecule has 1 atom stereocenters. The van der Waals surface area contributed by atoms with E-state index in [1.54, 1.807) is 6.20 Å². The second kappa shape index (κ2) is 6.46. The highest BCUT2D eigenvalue weighted by Gasteiger charge is 2.36. The molecule has 1 unspecified atom stereocenters. The van der Waals surface area contributed by atoms with Crippen molar-refractivity contribution in [3.8, 4) is 0 Å². The van der Waals surface area contributed by atoms with Crippen LogP contribution in [0.5, 0.6) is 0 Å². The van der Waals surface area contributed by atoms with Crippen molar-refractivity contribution in [1.29, 1.82) is 0 Å². The molecule has 8 heteroatoms. The summed E-state index contributed by atoms with van der Waals surface area (Å²) in [5, 5.41) is 19.8. The van der Waals surface area contributed by atoms with Crippen LogP contribution in [0.2, 0.25) is 5.02 Å². The van der Waals surface area contributed by atoms with E-state index in [9.17, 15) is 5.11 Å². The van der Waals surface area contributed by atoms with Gasteiger partial charge in [0.05, 0.1) is 29.8 Å². The summed E-state index contributed by atoms with van der Waals surface area (Å²) >= 11 is 5.89. The zero-order chi connectivity index (χ0) is 16.6. The Morgan fingerprint density at radius 2 is 2.25 bits per heavy atom. The fourth-order valence-electron chi connectivity index (χ4n) is 3.37. The minimum Gasteiger partial charge on any atom is -0.388 e. The van der Waals surface area contributed by atoms with Gasteiger partial charge in [-0.15, -0.1) is 0 Å². The first kappa shape index (κ1) is 16.1. The summed E-state index contributed by atoms with van der Waals surface area (Å²) in [6.07, 6.45) is 7.90. The first-order valence-electron chi connectivity index (χ1n) is 8.55. The van der Waals surface area contributed by atoms with Gasteiger partial charge in [-0.1, -0.05) is 16.8 Å². The summed E-state index contributed by atoms with van der Waals surface area (Å²) in [6, 6.07) is 0. The van der Waals surface area contributed by atoms with Crippen molar-refractivity contribution in [1.82, 2.24) is 24.8 Å². The third-order valence-corrected chi connectivity index (χ3v) is 4.98.